The van der Waals surface area contributed by atoms with E-state index in [4.69, 9.17) is 5.73 Å². The Morgan fingerprint density at radius 3 is 2.61 bits per heavy atom. The standard InChI is InChI=1S/C14H18N2O2/c15-12-6-3-10(7-13(12)17)14(18)16(11-4-5-11)8-9-1-2-9/h3,6-7,9,11,17H,1-2,4-5,8,15H2. The maximum Gasteiger partial charge on any atom is 0.254 e. The highest BCUT2D eigenvalue weighted by atomic mass is 16.3. The Bertz CT molecular complexity index is 479. The predicted molar refractivity (Wildman–Crippen MR) is 69.3 cm³/mol. The van der Waals surface area contributed by atoms with Gasteiger partial charge >= 0.3 is 0 Å². The van der Waals surface area contributed by atoms with Gasteiger partial charge in [-0.05, 0) is 49.8 Å². The molecular formula is C14H18N2O2. The fourth-order valence-electron chi connectivity index (χ4n) is 2.21. The maximum atomic E-state index is 12.4. The van der Waals surface area contributed by atoms with Crippen LogP contribution in [0.1, 0.15) is 36.0 Å². The molecule has 4 nitrogen and oxygen atoms in total. The quantitative estimate of drug-likeness (QED) is 0.630. The first-order valence-electron chi connectivity index (χ1n) is 6.54. The van der Waals surface area contributed by atoms with Crippen LogP contribution in [-0.4, -0.2) is 28.5 Å². The van der Waals surface area contributed by atoms with Crippen LogP contribution in [0.3, 0.4) is 0 Å². The number of anilines is 1. The lowest BCUT2D eigenvalue weighted by molar-refractivity contribution is 0.0734. The molecule has 18 heavy (non-hydrogen) atoms. The van der Waals surface area contributed by atoms with E-state index in [1.165, 1.54) is 18.9 Å². The van der Waals surface area contributed by atoms with Gasteiger partial charge in [-0.15, -0.1) is 0 Å². The average Bonchev–Trinajstić information content (AvgIpc) is 3.22. The number of hydrogen-bond acceptors (Lipinski definition) is 3. The van der Waals surface area contributed by atoms with Gasteiger partial charge < -0.3 is 15.7 Å². The summed E-state index contributed by atoms with van der Waals surface area (Å²) >= 11 is 0. The molecule has 1 amide bonds. The van der Waals surface area contributed by atoms with Crippen molar-refractivity contribution < 1.29 is 9.90 Å². The summed E-state index contributed by atoms with van der Waals surface area (Å²) in [7, 11) is 0. The van der Waals surface area contributed by atoms with Crippen molar-refractivity contribution in [1.82, 2.24) is 4.90 Å². The third-order valence-corrected chi connectivity index (χ3v) is 3.68. The summed E-state index contributed by atoms with van der Waals surface area (Å²) in [4.78, 5) is 14.4. The summed E-state index contributed by atoms with van der Waals surface area (Å²) in [6, 6.07) is 5.17. The first kappa shape index (κ1) is 11.4. The van der Waals surface area contributed by atoms with E-state index < -0.39 is 0 Å². The molecule has 3 rings (SSSR count). The topological polar surface area (TPSA) is 66.6 Å². The van der Waals surface area contributed by atoms with Crippen molar-refractivity contribution in [3.05, 3.63) is 23.8 Å². The Labute approximate surface area is 106 Å². The second kappa shape index (κ2) is 4.19. The van der Waals surface area contributed by atoms with Crippen LogP contribution in [0.5, 0.6) is 5.75 Å². The zero-order valence-corrected chi connectivity index (χ0v) is 10.3. The highest BCUT2D eigenvalue weighted by Crippen LogP contribution is 2.36. The van der Waals surface area contributed by atoms with Crippen molar-refractivity contribution in [2.45, 2.75) is 31.7 Å². The first-order valence-corrected chi connectivity index (χ1v) is 6.54. The number of nitrogen functional groups attached to an aromatic ring is 1. The predicted octanol–water partition coefficient (Wildman–Crippen LogP) is 1.99. The Morgan fingerprint density at radius 1 is 1.33 bits per heavy atom. The fraction of sp³-hybridized carbons (Fsp3) is 0.500. The molecule has 2 aliphatic rings. The molecule has 0 saturated heterocycles. The van der Waals surface area contributed by atoms with Gasteiger partial charge in [0.2, 0.25) is 0 Å². The summed E-state index contributed by atoms with van der Waals surface area (Å²) in [5.74, 6) is 0.708. The van der Waals surface area contributed by atoms with Crippen molar-refractivity contribution in [3.8, 4) is 5.75 Å². The van der Waals surface area contributed by atoms with E-state index in [1.807, 2.05) is 4.90 Å². The van der Waals surface area contributed by atoms with Crippen LogP contribution in [0.2, 0.25) is 0 Å². The van der Waals surface area contributed by atoms with Crippen LogP contribution in [0, 0.1) is 5.92 Å². The number of aromatic hydroxyl groups is 1. The monoisotopic (exact) mass is 246 g/mol. The lowest BCUT2D eigenvalue weighted by Crippen LogP contribution is -2.34. The highest BCUT2D eigenvalue weighted by Gasteiger charge is 2.36. The minimum Gasteiger partial charge on any atom is -0.506 e. The highest BCUT2D eigenvalue weighted by molar-refractivity contribution is 5.95. The molecule has 0 atom stereocenters. The van der Waals surface area contributed by atoms with Crippen LogP contribution < -0.4 is 5.73 Å². The van der Waals surface area contributed by atoms with Crippen molar-refractivity contribution in [2.75, 3.05) is 12.3 Å². The molecule has 0 bridgehead atoms. The normalized spacial score (nSPS) is 18.7. The van der Waals surface area contributed by atoms with Gasteiger partial charge in [-0.1, -0.05) is 0 Å². The summed E-state index contributed by atoms with van der Waals surface area (Å²) in [5.41, 5.74) is 6.40. The van der Waals surface area contributed by atoms with Gasteiger partial charge in [-0.25, -0.2) is 0 Å². The molecule has 0 radical (unpaired) electrons. The average molecular weight is 246 g/mol. The zero-order valence-electron chi connectivity index (χ0n) is 10.3. The lowest BCUT2D eigenvalue weighted by atomic mass is 10.1. The molecule has 2 fully saturated rings. The Kier molecular flexibility index (Phi) is 2.65. The molecule has 0 aliphatic heterocycles. The van der Waals surface area contributed by atoms with Gasteiger partial charge in [0, 0.05) is 18.2 Å². The fourth-order valence-corrected chi connectivity index (χ4v) is 2.21. The largest absolute Gasteiger partial charge is 0.506 e. The smallest absolute Gasteiger partial charge is 0.254 e. The van der Waals surface area contributed by atoms with Crippen molar-refractivity contribution in [1.29, 1.82) is 0 Å². The van der Waals surface area contributed by atoms with Gasteiger partial charge in [-0.3, -0.25) is 4.79 Å². The van der Waals surface area contributed by atoms with Crippen LogP contribution >= 0.6 is 0 Å². The number of carbonyl (C=O) groups excluding carboxylic acids is 1. The number of amides is 1. The van der Waals surface area contributed by atoms with Crippen molar-refractivity contribution in [2.24, 2.45) is 5.92 Å². The molecular weight excluding hydrogens is 228 g/mol. The van der Waals surface area contributed by atoms with Gasteiger partial charge in [0.15, 0.2) is 0 Å². The van der Waals surface area contributed by atoms with Gasteiger partial charge in [-0.2, -0.15) is 0 Å². The van der Waals surface area contributed by atoms with E-state index in [-0.39, 0.29) is 11.7 Å². The third kappa shape index (κ3) is 2.28. The summed E-state index contributed by atoms with van der Waals surface area (Å²) in [5, 5.41) is 9.58. The molecule has 0 heterocycles. The second-order valence-corrected chi connectivity index (χ2v) is 5.41. The first-order chi connectivity index (χ1) is 8.65. The number of phenols is 1. The molecule has 0 aromatic heterocycles. The van der Waals surface area contributed by atoms with E-state index in [2.05, 4.69) is 0 Å². The van der Waals surface area contributed by atoms with Crippen molar-refractivity contribution >= 4 is 11.6 Å². The van der Waals surface area contributed by atoms with Crippen LogP contribution in [0.4, 0.5) is 5.69 Å². The molecule has 1 aromatic carbocycles. The second-order valence-electron chi connectivity index (χ2n) is 5.41. The number of rotatable bonds is 4. The number of carbonyl (C=O) groups is 1. The number of nitrogens with two attached hydrogens (primary N) is 1. The summed E-state index contributed by atoms with van der Waals surface area (Å²) in [6.45, 7) is 0.870. The van der Waals surface area contributed by atoms with Gasteiger partial charge in [0.05, 0.1) is 5.69 Å². The van der Waals surface area contributed by atoms with Crippen molar-refractivity contribution in [3.63, 3.8) is 0 Å². The number of phenolic OH excluding ortho intramolecular Hbond substituents is 1. The number of nitrogens with zero attached hydrogens (tertiary/aromatic N) is 1. The summed E-state index contributed by atoms with van der Waals surface area (Å²) < 4.78 is 0. The van der Waals surface area contributed by atoms with Crippen LogP contribution in [-0.2, 0) is 0 Å². The third-order valence-electron chi connectivity index (χ3n) is 3.68. The number of benzene rings is 1. The molecule has 1 aromatic rings. The number of hydrogen-bond donors (Lipinski definition) is 2. The molecule has 4 heteroatoms. The zero-order chi connectivity index (χ0) is 12.7. The minimum atomic E-state index is -0.0111. The summed E-state index contributed by atoms with van der Waals surface area (Å²) in [6.07, 6.45) is 4.70. The SMILES string of the molecule is Nc1ccc(C(=O)N(CC2CC2)C2CC2)cc1O. The molecule has 2 aliphatic carbocycles. The maximum absolute atomic E-state index is 12.4. The Hall–Kier alpha value is -1.71. The minimum absolute atomic E-state index is 0.0111. The Morgan fingerprint density at radius 2 is 2.06 bits per heavy atom. The van der Waals surface area contributed by atoms with E-state index in [1.54, 1.807) is 12.1 Å². The van der Waals surface area contributed by atoms with Crippen LogP contribution in [0.25, 0.3) is 0 Å². The van der Waals surface area contributed by atoms with E-state index >= 15 is 0 Å². The lowest BCUT2D eigenvalue weighted by Gasteiger charge is -2.22. The molecule has 96 valence electrons. The van der Waals surface area contributed by atoms with Crippen LogP contribution in [0.15, 0.2) is 18.2 Å². The molecule has 2 saturated carbocycles. The Balaban J connectivity index is 1.79. The van der Waals surface area contributed by atoms with E-state index in [0.717, 1.165) is 19.4 Å². The van der Waals surface area contributed by atoms with Gasteiger partial charge in [0.1, 0.15) is 5.75 Å². The van der Waals surface area contributed by atoms with E-state index in [9.17, 15) is 9.90 Å². The van der Waals surface area contributed by atoms with E-state index in [0.29, 0.717) is 23.2 Å². The molecule has 0 unspecified atom stereocenters. The molecule has 0 spiro atoms. The van der Waals surface area contributed by atoms with Gasteiger partial charge in [0.25, 0.3) is 5.91 Å². The molecule has 3 N–H and O–H groups in total.